The van der Waals surface area contributed by atoms with E-state index in [2.05, 4.69) is 21.2 Å². The molecule has 10 heteroatoms. The molecule has 3 rings (SSSR count). The number of rotatable bonds is 13. The van der Waals surface area contributed by atoms with E-state index in [1.807, 2.05) is 45.0 Å². The summed E-state index contributed by atoms with van der Waals surface area (Å²) in [4.78, 5) is 28.7. The van der Waals surface area contributed by atoms with Gasteiger partial charge in [-0.2, -0.15) is 0 Å². The molecule has 1 N–H and O–H groups in total. The first-order chi connectivity index (χ1) is 19.5. The summed E-state index contributed by atoms with van der Waals surface area (Å²) >= 11 is 3.42. The standard InChI is InChI=1S/C31H38BrN3O5S/c1-6-23(4)33-31(37)24(5)34(20-25-14-16-26(32)17-15-25)30(36)21-35(28-10-8-9-11-29(28)40-7-2)41(38,39)27-18-12-22(3)13-19-27/h8-19,23-24H,6-7,20-21H2,1-5H3,(H,33,37)/t23-,24+/m1/s1. The number of nitrogens with one attached hydrogen (secondary N) is 1. The molecule has 2 amide bonds. The fourth-order valence-electron chi connectivity index (χ4n) is 4.13. The number of amides is 2. The summed E-state index contributed by atoms with van der Waals surface area (Å²) in [7, 11) is -4.19. The van der Waals surface area contributed by atoms with Gasteiger partial charge in [0.1, 0.15) is 18.3 Å². The number of hydrogen-bond acceptors (Lipinski definition) is 5. The van der Waals surface area contributed by atoms with Crippen molar-refractivity contribution in [1.82, 2.24) is 10.2 Å². The molecule has 0 saturated carbocycles. The van der Waals surface area contributed by atoms with Gasteiger partial charge in [0.2, 0.25) is 11.8 Å². The normalized spacial score (nSPS) is 12.7. The average Bonchev–Trinajstić information content (AvgIpc) is 2.95. The summed E-state index contributed by atoms with van der Waals surface area (Å²) in [5.74, 6) is -0.505. The van der Waals surface area contributed by atoms with E-state index >= 15 is 0 Å². The first-order valence-corrected chi connectivity index (χ1v) is 15.9. The second-order valence-electron chi connectivity index (χ2n) is 9.87. The van der Waals surface area contributed by atoms with Crippen molar-refractivity contribution in [2.24, 2.45) is 0 Å². The minimum absolute atomic E-state index is 0.0456. The third-order valence-corrected chi connectivity index (χ3v) is 9.06. The maximum Gasteiger partial charge on any atom is 0.264 e. The second-order valence-corrected chi connectivity index (χ2v) is 12.6. The Kier molecular flexibility index (Phi) is 11.4. The summed E-state index contributed by atoms with van der Waals surface area (Å²) in [6, 6.07) is 19.7. The van der Waals surface area contributed by atoms with Crippen molar-refractivity contribution in [2.75, 3.05) is 17.5 Å². The molecule has 0 heterocycles. The van der Waals surface area contributed by atoms with E-state index in [1.165, 1.54) is 17.0 Å². The molecule has 0 aromatic heterocycles. The van der Waals surface area contributed by atoms with Crippen molar-refractivity contribution in [3.63, 3.8) is 0 Å². The van der Waals surface area contributed by atoms with Crippen molar-refractivity contribution in [3.05, 3.63) is 88.4 Å². The van der Waals surface area contributed by atoms with Gasteiger partial charge in [-0.3, -0.25) is 13.9 Å². The highest BCUT2D eigenvalue weighted by atomic mass is 79.9. The van der Waals surface area contributed by atoms with E-state index in [-0.39, 0.29) is 29.1 Å². The van der Waals surface area contributed by atoms with Crippen molar-refractivity contribution in [2.45, 2.75) is 64.6 Å². The Balaban J connectivity index is 2.07. The Morgan fingerprint density at radius 1 is 0.951 bits per heavy atom. The van der Waals surface area contributed by atoms with Crippen LogP contribution in [-0.2, 0) is 26.2 Å². The zero-order chi connectivity index (χ0) is 30.2. The van der Waals surface area contributed by atoms with Crippen LogP contribution < -0.4 is 14.4 Å². The first-order valence-electron chi connectivity index (χ1n) is 13.6. The zero-order valence-corrected chi connectivity index (χ0v) is 26.5. The summed E-state index contributed by atoms with van der Waals surface area (Å²) < 4.78 is 35.8. The lowest BCUT2D eigenvalue weighted by Gasteiger charge is -2.33. The maximum atomic E-state index is 14.1. The Labute approximate surface area is 251 Å². The number of sulfonamides is 1. The maximum absolute atomic E-state index is 14.1. The number of hydrogen-bond donors (Lipinski definition) is 1. The summed E-state index contributed by atoms with van der Waals surface area (Å²) in [5, 5.41) is 2.94. The highest BCUT2D eigenvalue weighted by molar-refractivity contribution is 9.10. The second kappa shape index (κ2) is 14.5. The summed E-state index contributed by atoms with van der Waals surface area (Å²) in [6.07, 6.45) is 0.732. The van der Waals surface area contributed by atoms with Crippen molar-refractivity contribution >= 4 is 43.5 Å². The van der Waals surface area contributed by atoms with Crippen molar-refractivity contribution in [1.29, 1.82) is 0 Å². The molecule has 0 aliphatic rings. The van der Waals surface area contributed by atoms with Gasteiger partial charge in [0, 0.05) is 17.1 Å². The summed E-state index contributed by atoms with van der Waals surface area (Å²) in [6.45, 7) is 9.08. The number of anilines is 1. The monoisotopic (exact) mass is 643 g/mol. The van der Waals surface area contributed by atoms with Crippen LogP contribution in [0.3, 0.4) is 0 Å². The SMILES string of the molecule is CCOc1ccccc1N(CC(=O)N(Cc1ccc(Br)cc1)[C@@H](C)C(=O)N[C@H](C)CC)S(=O)(=O)c1ccc(C)cc1. The van der Waals surface area contributed by atoms with Gasteiger partial charge >= 0.3 is 0 Å². The molecular weight excluding hydrogens is 606 g/mol. The molecule has 3 aromatic carbocycles. The molecule has 0 bridgehead atoms. The number of ether oxygens (including phenoxy) is 1. The van der Waals surface area contributed by atoms with E-state index in [0.717, 1.165) is 26.3 Å². The van der Waals surface area contributed by atoms with Crippen LogP contribution in [-0.4, -0.2) is 50.4 Å². The van der Waals surface area contributed by atoms with E-state index in [1.54, 1.807) is 50.2 Å². The van der Waals surface area contributed by atoms with E-state index in [9.17, 15) is 18.0 Å². The van der Waals surface area contributed by atoms with E-state index in [0.29, 0.717) is 12.4 Å². The van der Waals surface area contributed by atoms with Crippen molar-refractivity contribution in [3.8, 4) is 5.75 Å². The van der Waals surface area contributed by atoms with Gasteiger partial charge < -0.3 is 15.0 Å². The largest absolute Gasteiger partial charge is 0.492 e. The third kappa shape index (κ3) is 8.33. The Morgan fingerprint density at radius 3 is 2.20 bits per heavy atom. The molecule has 0 unspecified atom stereocenters. The molecule has 41 heavy (non-hydrogen) atoms. The lowest BCUT2D eigenvalue weighted by Crippen LogP contribution is -2.52. The molecule has 0 saturated heterocycles. The van der Waals surface area contributed by atoms with E-state index < -0.39 is 28.5 Å². The molecule has 3 aromatic rings. The van der Waals surface area contributed by atoms with Crippen LogP contribution in [0.15, 0.2) is 82.2 Å². The molecule has 2 atom stereocenters. The first kappa shape index (κ1) is 32.1. The number of nitrogens with zero attached hydrogens (tertiary/aromatic N) is 2. The minimum Gasteiger partial charge on any atom is -0.492 e. The lowest BCUT2D eigenvalue weighted by atomic mass is 10.1. The molecular formula is C31H38BrN3O5S. The highest BCUT2D eigenvalue weighted by Gasteiger charge is 2.34. The number of aryl methyl sites for hydroxylation is 1. The fraction of sp³-hybridized carbons (Fsp3) is 0.355. The number of carbonyl (C=O) groups is 2. The average molecular weight is 645 g/mol. The predicted molar refractivity (Wildman–Crippen MR) is 165 cm³/mol. The van der Waals surface area contributed by atoms with Gasteiger partial charge in [0.15, 0.2) is 0 Å². The lowest BCUT2D eigenvalue weighted by molar-refractivity contribution is -0.139. The van der Waals surface area contributed by atoms with Crippen LogP contribution in [0.5, 0.6) is 5.75 Å². The molecule has 0 aliphatic carbocycles. The minimum atomic E-state index is -4.19. The third-order valence-electron chi connectivity index (χ3n) is 6.76. The van der Waals surface area contributed by atoms with Crippen LogP contribution in [0.2, 0.25) is 0 Å². The summed E-state index contributed by atoms with van der Waals surface area (Å²) in [5.41, 5.74) is 1.94. The molecule has 220 valence electrons. The highest BCUT2D eigenvalue weighted by Crippen LogP contribution is 2.33. The molecule has 8 nitrogen and oxygen atoms in total. The van der Waals surface area contributed by atoms with Gasteiger partial charge in [0.25, 0.3) is 10.0 Å². The Bertz CT molecular complexity index is 1430. The number of benzene rings is 3. The Hall–Kier alpha value is -3.37. The van der Waals surface area contributed by atoms with Crippen LogP contribution >= 0.6 is 15.9 Å². The van der Waals surface area contributed by atoms with Crippen LogP contribution in [0.25, 0.3) is 0 Å². The van der Waals surface area contributed by atoms with Crippen LogP contribution in [0, 0.1) is 6.92 Å². The van der Waals surface area contributed by atoms with Gasteiger partial charge in [-0.15, -0.1) is 0 Å². The number of carbonyl (C=O) groups excluding carboxylic acids is 2. The topological polar surface area (TPSA) is 96.0 Å². The van der Waals surface area contributed by atoms with Crippen LogP contribution in [0.4, 0.5) is 5.69 Å². The van der Waals surface area contributed by atoms with Gasteiger partial charge in [-0.05, 0) is 76.1 Å². The number of halogens is 1. The van der Waals surface area contributed by atoms with Gasteiger partial charge in [0.05, 0.1) is 17.2 Å². The number of para-hydroxylation sites is 2. The fourth-order valence-corrected chi connectivity index (χ4v) is 5.82. The predicted octanol–water partition coefficient (Wildman–Crippen LogP) is 5.68. The van der Waals surface area contributed by atoms with Crippen LogP contribution in [0.1, 0.15) is 45.2 Å². The Morgan fingerprint density at radius 2 is 1.59 bits per heavy atom. The molecule has 0 fully saturated rings. The van der Waals surface area contributed by atoms with Gasteiger partial charge in [-0.25, -0.2) is 8.42 Å². The smallest absolute Gasteiger partial charge is 0.264 e. The van der Waals surface area contributed by atoms with Gasteiger partial charge in [-0.1, -0.05) is 64.8 Å². The molecule has 0 aliphatic heterocycles. The molecule has 0 radical (unpaired) electrons. The van der Waals surface area contributed by atoms with E-state index in [4.69, 9.17) is 4.74 Å². The van der Waals surface area contributed by atoms with Crippen molar-refractivity contribution < 1.29 is 22.7 Å². The molecule has 0 spiro atoms. The zero-order valence-electron chi connectivity index (χ0n) is 24.1. The quantitative estimate of drug-likeness (QED) is 0.258.